The minimum Gasteiger partial charge on any atom is -0.493 e. The van der Waals surface area contributed by atoms with Crippen LogP contribution >= 0.6 is 0 Å². The number of aromatic nitrogens is 2. The summed E-state index contributed by atoms with van der Waals surface area (Å²) in [6.07, 6.45) is 4.03. The lowest BCUT2D eigenvalue weighted by Gasteiger charge is -2.24. The Kier molecular flexibility index (Phi) is 4.03. The van der Waals surface area contributed by atoms with Crippen molar-refractivity contribution >= 4 is 32.7 Å². The Bertz CT molecular complexity index is 1230. The molecule has 0 amide bonds. The van der Waals surface area contributed by atoms with E-state index in [1.165, 1.54) is 0 Å². The molecule has 1 aliphatic heterocycles. The van der Waals surface area contributed by atoms with E-state index in [0.717, 1.165) is 64.4 Å². The highest BCUT2D eigenvalue weighted by molar-refractivity contribution is 6.16. The zero-order valence-corrected chi connectivity index (χ0v) is 15.6. The van der Waals surface area contributed by atoms with Gasteiger partial charge in [0.05, 0.1) is 29.8 Å². The molecule has 2 aromatic heterocycles. The fourth-order valence-electron chi connectivity index (χ4n) is 3.97. The molecule has 0 unspecified atom stereocenters. The molecule has 0 bridgehead atoms. The third-order valence-electron chi connectivity index (χ3n) is 5.43. The quantitative estimate of drug-likeness (QED) is 0.570. The molecule has 6 heteroatoms. The highest BCUT2D eigenvalue weighted by Gasteiger charge is 2.19. The highest BCUT2D eigenvalue weighted by Crippen LogP contribution is 2.37. The zero-order chi connectivity index (χ0) is 19.1. The molecule has 6 nitrogen and oxygen atoms in total. The van der Waals surface area contributed by atoms with Crippen molar-refractivity contribution < 1.29 is 9.47 Å². The van der Waals surface area contributed by atoms with Crippen molar-refractivity contribution in [1.29, 1.82) is 5.26 Å². The second kappa shape index (κ2) is 6.70. The molecular weight excluding hydrogens is 352 g/mol. The van der Waals surface area contributed by atoms with Crippen LogP contribution in [-0.4, -0.2) is 36.3 Å². The van der Waals surface area contributed by atoms with Crippen LogP contribution in [0.4, 0.5) is 0 Å². The molecule has 0 spiro atoms. The maximum absolute atomic E-state index is 9.17. The predicted octanol–water partition coefficient (Wildman–Crippen LogP) is 3.88. The van der Waals surface area contributed by atoms with Gasteiger partial charge in [-0.05, 0) is 44.1 Å². The summed E-state index contributed by atoms with van der Waals surface area (Å²) in [5.41, 5.74) is 3.40. The van der Waals surface area contributed by atoms with Crippen LogP contribution in [0, 0.1) is 11.3 Å². The number of nitrogens with one attached hydrogen (secondary N) is 2. The van der Waals surface area contributed by atoms with E-state index in [9.17, 15) is 0 Å². The average Bonchev–Trinajstić information content (AvgIpc) is 3.12. The van der Waals surface area contributed by atoms with Gasteiger partial charge in [0.1, 0.15) is 6.10 Å². The van der Waals surface area contributed by atoms with Gasteiger partial charge < -0.3 is 19.8 Å². The van der Waals surface area contributed by atoms with Gasteiger partial charge in [-0.2, -0.15) is 5.26 Å². The first-order chi connectivity index (χ1) is 13.8. The Hall–Kier alpha value is -3.30. The number of hydrogen-bond donors (Lipinski definition) is 2. The molecular formula is C22H20N4O2. The number of pyridine rings is 1. The van der Waals surface area contributed by atoms with Crippen LogP contribution in [0.5, 0.6) is 11.5 Å². The van der Waals surface area contributed by atoms with Crippen molar-refractivity contribution in [3.63, 3.8) is 0 Å². The van der Waals surface area contributed by atoms with E-state index in [-0.39, 0.29) is 6.10 Å². The number of aromatic amines is 1. The summed E-state index contributed by atoms with van der Waals surface area (Å²) in [6, 6.07) is 11.8. The number of ether oxygens (including phenoxy) is 2. The minimum absolute atomic E-state index is 0.189. The number of nitriles is 1. The molecule has 0 atom stereocenters. The molecule has 0 aliphatic carbocycles. The van der Waals surface area contributed by atoms with Gasteiger partial charge in [0.25, 0.3) is 0 Å². The maximum Gasteiger partial charge on any atom is 0.163 e. The standard InChI is InChI=1S/C22H20N4O2/c1-27-20-9-16-18(10-21(20)28-14-4-6-24-7-5-14)25-12-17-15-3-2-13(11-23)8-19(15)26-22(16)17/h2-3,8-10,12,14,24,26H,4-7H2,1H3. The summed E-state index contributed by atoms with van der Waals surface area (Å²) in [5, 5.41) is 15.6. The average molecular weight is 372 g/mol. The van der Waals surface area contributed by atoms with E-state index in [1.807, 2.05) is 36.5 Å². The number of H-pyrrole nitrogens is 1. The van der Waals surface area contributed by atoms with Crippen LogP contribution in [0.15, 0.2) is 36.5 Å². The third-order valence-corrected chi connectivity index (χ3v) is 5.43. The van der Waals surface area contributed by atoms with Gasteiger partial charge in [-0.1, -0.05) is 6.07 Å². The van der Waals surface area contributed by atoms with Crippen molar-refractivity contribution in [1.82, 2.24) is 15.3 Å². The van der Waals surface area contributed by atoms with Gasteiger partial charge in [-0.25, -0.2) is 0 Å². The third kappa shape index (κ3) is 2.72. The van der Waals surface area contributed by atoms with Gasteiger partial charge in [-0.15, -0.1) is 0 Å². The normalized spacial score (nSPS) is 15.1. The molecule has 2 N–H and O–H groups in total. The van der Waals surface area contributed by atoms with Crippen LogP contribution in [0.25, 0.3) is 32.7 Å². The first-order valence-electron chi connectivity index (χ1n) is 9.46. The van der Waals surface area contributed by atoms with Crippen molar-refractivity contribution in [2.24, 2.45) is 0 Å². The fourth-order valence-corrected chi connectivity index (χ4v) is 3.97. The molecule has 5 rings (SSSR count). The number of benzene rings is 2. The first-order valence-corrected chi connectivity index (χ1v) is 9.46. The summed E-state index contributed by atoms with van der Waals surface area (Å²) in [5.74, 6) is 1.44. The Balaban J connectivity index is 1.66. The molecule has 28 heavy (non-hydrogen) atoms. The Morgan fingerprint density at radius 3 is 2.71 bits per heavy atom. The van der Waals surface area contributed by atoms with E-state index in [2.05, 4.69) is 21.4 Å². The van der Waals surface area contributed by atoms with Gasteiger partial charge >= 0.3 is 0 Å². The summed E-state index contributed by atoms with van der Waals surface area (Å²) >= 11 is 0. The fraction of sp³-hybridized carbons (Fsp3) is 0.273. The number of nitrogens with zero attached hydrogens (tertiary/aromatic N) is 2. The highest BCUT2D eigenvalue weighted by atomic mass is 16.5. The lowest BCUT2D eigenvalue weighted by molar-refractivity contribution is 0.157. The molecule has 0 saturated carbocycles. The van der Waals surface area contributed by atoms with Gasteiger partial charge in [0.15, 0.2) is 11.5 Å². The molecule has 0 radical (unpaired) electrons. The van der Waals surface area contributed by atoms with Crippen molar-refractivity contribution in [3.8, 4) is 17.6 Å². The second-order valence-corrected chi connectivity index (χ2v) is 7.13. The molecule has 1 aliphatic rings. The van der Waals surface area contributed by atoms with Crippen LogP contribution in [-0.2, 0) is 0 Å². The monoisotopic (exact) mass is 372 g/mol. The Morgan fingerprint density at radius 2 is 1.93 bits per heavy atom. The topological polar surface area (TPSA) is 83.0 Å². The smallest absolute Gasteiger partial charge is 0.163 e. The zero-order valence-electron chi connectivity index (χ0n) is 15.6. The number of rotatable bonds is 3. The summed E-state index contributed by atoms with van der Waals surface area (Å²) in [6.45, 7) is 1.94. The summed E-state index contributed by atoms with van der Waals surface area (Å²) < 4.78 is 11.9. The maximum atomic E-state index is 9.17. The summed E-state index contributed by atoms with van der Waals surface area (Å²) in [7, 11) is 1.66. The van der Waals surface area contributed by atoms with E-state index < -0.39 is 0 Å². The van der Waals surface area contributed by atoms with Crippen molar-refractivity contribution in [2.45, 2.75) is 18.9 Å². The number of methoxy groups -OCH3 is 1. The second-order valence-electron chi connectivity index (χ2n) is 7.13. The van der Waals surface area contributed by atoms with Gasteiger partial charge in [0, 0.05) is 33.9 Å². The Labute approximate surface area is 162 Å². The molecule has 2 aromatic carbocycles. The molecule has 140 valence electrons. The lowest BCUT2D eigenvalue weighted by atomic mass is 10.1. The minimum atomic E-state index is 0.189. The van der Waals surface area contributed by atoms with Crippen LogP contribution < -0.4 is 14.8 Å². The molecule has 1 fully saturated rings. The van der Waals surface area contributed by atoms with Crippen LogP contribution in [0.1, 0.15) is 18.4 Å². The number of hydrogen-bond acceptors (Lipinski definition) is 5. The van der Waals surface area contributed by atoms with Gasteiger partial charge in [0.2, 0.25) is 0 Å². The SMILES string of the molecule is COc1cc2c(cc1OC1CCNCC1)ncc1c3ccc(C#N)cc3[nH]c21. The van der Waals surface area contributed by atoms with Gasteiger partial charge in [-0.3, -0.25) is 4.98 Å². The van der Waals surface area contributed by atoms with E-state index in [0.29, 0.717) is 11.3 Å². The van der Waals surface area contributed by atoms with Crippen LogP contribution in [0.3, 0.4) is 0 Å². The number of fused-ring (bicyclic) bond motifs is 5. The van der Waals surface area contributed by atoms with Crippen molar-refractivity contribution in [3.05, 3.63) is 42.1 Å². The molecule has 1 saturated heterocycles. The molecule has 4 aromatic rings. The largest absolute Gasteiger partial charge is 0.493 e. The van der Waals surface area contributed by atoms with E-state index in [4.69, 9.17) is 14.7 Å². The predicted molar refractivity (Wildman–Crippen MR) is 109 cm³/mol. The summed E-state index contributed by atoms with van der Waals surface area (Å²) in [4.78, 5) is 8.12. The van der Waals surface area contributed by atoms with E-state index in [1.54, 1.807) is 7.11 Å². The Morgan fingerprint density at radius 1 is 1.07 bits per heavy atom. The van der Waals surface area contributed by atoms with Crippen molar-refractivity contribution in [2.75, 3.05) is 20.2 Å². The van der Waals surface area contributed by atoms with E-state index >= 15 is 0 Å². The molecule has 3 heterocycles. The first kappa shape index (κ1) is 16.8. The number of piperidine rings is 1. The van der Waals surface area contributed by atoms with Crippen LogP contribution in [0.2, 0.25) is 0 Å². The lowest BCUT2D eigenvalue weighted by Crippen LogP contribution is -2.34.